The van der Waals surface area contributed by atoms with Crippen molar-refractivity contribution >= 4 is 41.1 Å². The summed E-state index contributed by atoms with van der Waals surface area (Å²) in [5, 5.41) is 3.17. The van der Waals surface area contributed by atoms with Gasteiger partial charge in [-0.2, -0.15) is 11.8 Å². The molecule has 0 spiro atoms. The summed E-state index contributed by atoms with van der Waals surface area (Å²) in [4.78, 5) is 38.4. The normalized spacial score (nSPS) is 16.2. The maximum absolute atomic E-state index is 12.9. The minimum Gasteiger partial charge on any atom is -0.369 e. The summed E-state index contributed by atoms with van der Waals surface area (Å²) in [7, 11) is 0. The van der Waals surface area contributed by atoms with Crippen molar-refractivity contribution in [3.63, 3.8) is 0 Å². The maximum Gasteiger partial charge on any atom is 0.253 e. The topological polar surface area (TPSA) is 92.5 Å². The van der Waals surface area contributed by atoms with Crippen LogP contribution >= 0.6 is 23.4 Å². The molecule has 6 nitrogen and oxygen atoms in total. The monoisotopic (exact) mass is 397 g/mol. The summed E-state index contributed by atoms with van der Waals surface area (Å²) >= 11 is 7.69. The predicted octanol–water partition coefficient (Wildman–Crippen LogP) is 1.92. The van der Waals surface area contributed by atoms with Crippen molar-refractivity contribution in [2.24, 2.45) is 11.7 Å². The average molecular weight is 398 g/mol. The fourth-order valence-electron chi connectivity index (χ4n) is 2.98. The summed E-state index contributed by atoms with van der Waals surface area (Å²) in [6, 6.07) is 6.14. The second-order valence-electron chi connectivity index (χ2n) is 6.29. The molecule has 1 fully saturated rings. The van der Waals surface area contributed by atoms with E-state index in [9.17, 15) is 14.4 Å². The van der Waals surface area contributed by atoms with Crippen molar-refractivity contribution in [1.29, 1.82) is 0 Å². The van der Waals surface area contributed by atoms with E-state index in [-0.39, 0.29) is 23.6 Å². The van der Waals surface area contributed by atoms with Crippen molar-refractivity contribution < 1.29 is 14.4 Å². The highest BCUT2D eigenvalue weighted by atomic mass is 35.5. The Bertz CT molecular complexity index is 663. The number of carbonyl (C=O) groups excluding carboxylic acids is 3. The molecule has 3 amide bonds. The molecule has 0 aliphatic carbocycles. The van der Waals surface area contributed by atoms with Crippen LogP contribution in [0, 0.1) is 5.92 Å². The highest BCUT2D eigenvalue weighted by molar-refractivity contribution is 7.98. The molecule has 0 saturated carbocycles. The number of primary amides is 1. The van der Waals surface area contributed by atoms with Gasteiger partial charge in [-0.3, -0.25) is 14.4 Å². The quantitative estimate of drug-likeness (QED) is 0.735. The van der Waals surface area contributed by atoms with E-state index in [0.29, 0.717) is 42.9 Å². The molecule has 1 aliphatic rings. The van der Waals surface area contributed by atoms with Crippen LogP contribution in [0.1, 0.15) is 29.6 Å². The number of halogens is 1. The standard InChI is InChI=1S/C18H24ClN3O3S/c1-26-11-8-15(21-17(24)13-4-2-3-5-14(13)19)18(25)22-9-6-12(7-10-22)16(20)23/h2-5,12,15H,6-11H2,1H3,(H2,20,23)(H,21,24)/t15-/m0/s1. The SMILES string of the molecule is CSCC[C@H](NC(=O)c1ccccc1Cl)C(=O)N1CCC(C(N)=O)CC1. The second-order valence-corrected chi connectivity index (χ2v) is 7.68. The van der Waals surface area contributed by atoms with Crippen molar-refractivity contribution in [3.05, 3.63) is 34.9 Å². The van der Waals surface area contributed by atoms with Gasteiger partial charge in [-0.25, -0.2) is 0 Å². The Morgan fingerprint density at radius 3 is 2.54 bits per heavy atom. The van der Waals surface area contributed by atoms with Gasteiger partial charge >= 0.3 is 0 Å². The van der Waals surface area contributed by atoms with E-state index in [0.717, 1.165) is 5.75 Å². The Balaban J connectivity index is 2.04. The van der Waals surface area contributed by atoms with Gasteiger partial charge in [-0.05, 0) is 43.4 Å². The number of carbonyl (C=O) groups is 3. The number of thioether (sulfide) groups is 1. The lowest BCUT2D eigenvalue weighted by Crippen LogP contribution is -2.51. The zero-order chi connectivity index (χ0) is 19.1. The number of nitrogens with two attached hydrogens (primary N) is 1. The molecule has 1 heterocycles. The van der Waals surface area contributed by atoms with Crippen LogP contribution in [0.3, 0.4) is 0 Å². The average Bonchev–Trinajstić information content (AvgIpc) is 2.64. The van der Waals surface area contributed by atoms with E-state index in [1.54, 1.807) is 40.9 Å². The molecule has 3 N–H and O–H groups in total. The molecule has 1 aromatic carbocycles. The Morgan fingerprint density at radius 1 is 1.31 bits per heavy atom. The third kappa shape index (κ3) is 5.38. The first kappa shape index (κ1) is 20.6. The number of nitrogens with one attached hydrogen (secondary N) is 1. The first-order valence-electron chi connectivity index (χ1n) is 8.56. The van der Waals surface area contributed by atoms with E-state index in [4.69, 9.17) is 17.3 Å². The Labute approximate surface area is 162 Å². The van der Waals surface area contributed by atoms with E-state index < -0.39 is 6.04 Å². The molecule has 1 aromatic rings. The van der Waals surface area contributed by atoms with Crippen molar-refractivity contribution in [2.45, 2.75) is 25.3 Å². The molecule has 0 unspecified atom stereocenters. The van der Waals surface area contributed by atoms with Crippen molar-refractivity contribution in [1.82, 2.24) is 10.2 Å². The second kappa shape index (κ2) is 9.83. The predicted molar refractivity (Wildman–Crippen MR) is 104 cm³/mol. The van der Waals surface area contributed by atoms with Crippen molar-refractivity contribution in [2.75, 3.05) is 25.1 Å². The molecular weight excluding hydrogens is 374 g/mol. The van der Waals surface area contributed by atoms with Crippen LogP contribution in [-0.4, -0.2) is 53.8 Å². The molecule has 2 rings (SSSR count). The van der Waals surface area contributed by atoms with Gasteiger partial charge in [0, 0.05) is 19.0 Å². The van der Waals surface area contributed by atoms with Crippen LogP contribution in [-0.2, 0) is 9.59 Å². The third-order valence-corrected chi connectivity index (χ3v) is 5.52. The Hall–Kier alpha value is -1.73. The zero-order valence-electron chi connectivity index (χ0n) is 14.7. The van der Waals surface area contributed by atoms with Crippen LogP contribution in [0.25, 0.3) is 0 Å². The van der Waals surface area contributed by atoms with Crippen LogP contribution in [0.4, 0.5) is 0 Å². The van der Waals surface area contributed by atoms with Gasteiger partial charge in [-0.1, -0.05) is 23.7 Å². The minimum absolute atomic E-state index is 0.123. The van der Waals surface area contributed by atoms with Crippen molar-refractivity contribution in [3.8, 4) is 0 Å². The van der Waals surface area contributed by atoms with Crippen LogP contribution in [0.2, 0.25) is 5.02 Å². The number of amides is 3. The molecule has 8 heteroatoms. The molecule has 0 aromatic heterocycles. The number of benzene rings is 1. The van der Waals surface area contributed by atoms with Gasteiger partial charge in [-0.15, -0.1) is 0 Å². The minimum atomic E-state index is -0.614. The van der Waals surface area contributed by atoms with E-state index in [1.165, 1.54) is 0 Å². The van der Waals surface area contributed by atoms with Crippen LogP contribution < -0.4 is 11.1 Å². The lowest BCUT2D eigenvalue weighted by Gasteiger charge is -2.33. The molecular formula is C18H24ClN3O3S. The summed E-state index contributed by atoms with van der Waals surface area (Å²) in [6.45, 7) is 0.953. The molecule has 1 aliphatic heterocycles. The molecule has 1 atom stereocenters. The van der Waals surface area contributed by atoms with E-state index in [2.05, 4.69) is 5.32 Å². The first-order chi connectivity index (χ1) is 12.4. The van der Waals surface area contributed by atoms with Gasteiger partial charge < -0.3 is 16.0 Å². The fraction of sp³-hybridized carbons (Fsp3) is 0.500. The van der Waals surface area contributed by atoms with Gasteiger partial charge in [0.05, 0.1) is 10.6 Å². The van der Waals surface area contributed by atoms with E-state index >= 15 is 0 Å². The lowest BCUT2D eigenvalue weighted by atomic mass is 9.95. The first-order valence-corrected chi connectivity index (χ1v) is 10.3. The largest absolute Gasteiger partial charge is 0.369 e. The van der Waals surface area contributed by atoms with Gasteiger partial charge in [0.25, 0.3) is 5.91 Å². The Kier molecular flexibility index (Phi) is 7.78. The highest BCUT2D eigenvalue weighted by Crippen LogP contribution is 2.19. The molecule has 142 valence electrons. The summed E-state index contributed by atoms with van der Waals surface area (Å²) in [5.41, 5.74) is 5.69. The number of piperidine rings is 1. The number of nitrogens with zero attached hydrogens (tertiary/aromatic N) is 1. The number of rotatable bonds is 7. The van der Waals surface area contributed by atoms with Crippen LogP contribution in [0.15, 0.2) is 24.3 Å². The summed E-state index contributed by atoms with van der Waals surface area (Å²) in [6.07, 6.45) is 3.62. The fourth-order valence-corrected chi connectivity index (χ4v) is 3.67. The summed E-state index contributed by atoms with van der Waals surface area (Å²) < 4.78 is 0. The van der Waals surface area contributed by atoms with Gasteiger partial charge in [0.2, 0.25) is 11.8 Å². The number of hydrogen-bond donors (Lipinski definition) is 2. The highest BCUT2D eigenvalue weighted by Gasteiger charge is 2.31. The Morgan fingerprint density at radius 2 is 1.96 bits per heavy atom. The van der Waals surface area contributed by atoms with Crippen LogP contribution in [0.5, 0.6) is 0 Å². The van der Waals surface area contributed by atoms with Gasteiger partial charge in [0.1, 0.15) is 6.04 Å². The maximum atomic E-state index is 12.9. The molecule has 0 radical (unpaired) electrons. The molecule has 1 saturated heterocycles. The molecule has 0 bridgehead atoms. The number of hydrogen-bond acceptors (Lipinski definition) is 4. The third-order valence-electron chi connectivity index (χ3n) is 4.54. The summed E-state index contributed by atoms with van der Waals surface area (Å²) in [5.74, 6) is -0.231. The van der Waals surface area contributed by atoms with Gasteiger partial charge in [0.15, 0.2) is 0 Å². The zero-order valence-corrected chi connectivity index (χ0v) is 16.3. The lowest BCUT2D eigenvalue weighted by molar-refractivity contribution is -0.136. The van der Waals surface area contributed by atoms with E-state index in [1.807, 2.05) is 6.26 Å². The number of likely N-dealkylation sites (tertiary alicyclic amines) is 1. The molecule has 26 heavy (non-hydrogen) atoms. The smallest absolute Gasteiger partial charge is 0.253 e.